The molecule has 20 rings (SSSR count). The van der Waals surface area contributed by atoms with E-state index in [0.717, 1.165) is 112 Å². The van der Waals surface area contributed by atoms with E-state index < -0.39 is 0 Å². The average molecular weight is 2430 g/mol. The summed E-state index contributed by atoms with van der Waals surface area (Å²) in [6.07, 6.45) is 43.9. The van der Waals surface area contributed by atoms with E-state index in [4.69, 9.17) is 0 Å². The summed E-state index contributed by atoms with van der Waals surface area (Å²) in [4.78, 5) is 63.7. The SMILES string of the molecule is [Y].[Y].[Y].[Y].[Y].[Y].[Y].[Y].[Y].[Y].[c-]1ccccc1-c1[c-]cccn1.[c-]1ccccc1-c1[c-]ccnc1.[c-]1ccccc1-c1[c-]cncc1.[c-]1ccccc1-c1[c-]cncn1.[c-]1ccccc1-c1[c-]nccc1.[c-]1ccccc1-c1[c-]nccn1.[c-]1ccccc1-c1[c-]ncnc1.[c-]1cccnc1-c1[c-]cccn1.[c-]1ccncc1-c1[c-]cccn1.[c-]1ccncc1-c1[c-]ccnc1. The van der Waals surface area contributed by atoms with Crippen molar-refractivity contribution in [3.05, 3.63) is 513 Å². The van der Waals surface area contributed by atoms with E-state index in [1.807, 2.05) is 237 Å². The average Bonchev–Trinajstić information content (AvgIpc) is 0.952. The van der Waals surface area contributed by atoms with Gasteiger partial charge in [0, 0.05) is 333 Å². The molecule has 7 aromatic carbocycles. The van der Waals surface area contributed by atoms with Gasteiger partial charge in [0.15, 0.2) is 0 Å². The summed E-state index contributed by atoms with van der Waals surface area (Å²) in [6, 6.07) is 134. The largest absolute Gasteiger partial charge is 0.400 e. The molecule has 13 aromatic heterocycles. The Bertz CT molecular complexity index is 4340. The Hall–Kier alpha value is -5.68. The van der Waals surface area contributed by atoms with Gasteiger partial charge in [0.25, 0.3) is 0 Å². The van der Waals surface area contributed by atoms with Gasteiger partial charge < -0.3 is 69.8 Å². The van der Waals surface area contributed by atoms with Gasteiger partial charge in [0.1, 0.15) is 6.33 Å². The number of hydrogen-bond donors (Lipinski definition) is 0. The maximum atomic E-state index is 4.16. The van der Waals surface area contributed by atoms with Gasteiger partial charge in [-0.25, -0.2) is 128 Å². The smallest absolute Gasteiger partial charge is 0.100 e. The summed E-state index contributed by atoms with van der Waals surface area (Å²) in [7, 11) is 0. The molecule has 20 aromatic rings. The van der Waals surface area contributed by atoms with Gasteiger partial charge in [-0.05, 0) is 43.4 Å². The van der Waals surface area contributed by atoms with Crippen molar-refractivity contribution in [2.45, 2.75) is 0 Å². The molecule has 16 nitrogen and oxygen atoms in total. The molecule has 0 N–H and O–H groups in total. The summed E-state index contributed by atoms with van der Waals surface area (Å²) in [5, 5.41) is 0. The normalized spacial score (nSPS) is 8.92. The third-order valence-corrected chi connectivity index (χ3v) is 15.3. The predicted molar refractivity (Wildman–Crippen MR) is 460 cm³/mol. The molecule has 0 bridgehead atoms. The molecule has 0 saturated carbocycles. The first-order valence-electron chi connectivity index (χ1n) is 36.7. The number of benzene rings is 7. The zero-order chi connectivity index (χ0) is 82.3. The van der Waals surface area contributed by atoms with Crippen LogP contribution < -0.4 is 0 Å². The number of aromatic nitrogens is 16. The zero-order valence-corrected chi connectivity index (χ0v) is 98.3. The molecular formula is C104H64N16Y10-20. The molecule has 13 heterocycles. The standard InChI is InChI=1S/4C11H7N.6C10H6N2.10Y/c1-2-6-10(7-3-1)11-8-4-5-9-12-11;2*1-2-5-10(6-3-1)11-7-4-8-12-9-11;1-2-4-10(5-3-1)11-6-8-12-9-7-11;1-3-9(7-11-5-1)10-4-2-6-12-8-10;1-3-7-11-9(5-1)10-6-2-4-8-12-10;1-2-7-12-10(5-1)9-4-3-6-11-8-9;1-2-4-9(5-3-1)10-6-11-8-12-7-10;1-2-4-9(5-3-1)10-8-11-6-7-12-10;1-2-4-9(5-3-1)10-6-7-11-8-12-10;;;;;;;;;;/h1-6,9H;1-5,8-9H;1-5,7-8H;1-4,6,8-9H;1-2,5-8H;1-4,7-8H;1-3,6-8H;1-4,6,8H;1-4,6-7H;1-4,7-8H;;;;;;;;;;/q10*-2;;;;;;;;;;. The van der Waals surface area contributed by atoms with Crippen molar-refractivity contribution in [2.75, 3.05) is 0 Å². The van der Waals surface area contributed by atoms with Gasteiger partial charge in [-0.1, -0.05) is 80.6 Å². The fourth-order valence-electron chi connectivity index (χ4n) is 9.75. The van der Waals surface area contributed by atoms with Crippen molar-refractivity contribution in [1.29, 1.82) is 0 Å². The van der Waals surface area contributed by atoms with Gasteiger partial charge in [-0.3, -0.25) is 32.7 Å². The van der Waals surface area contributed by atoms with Crippen molar-refractivity contribution in [3.63, 3.8) is 0 Å². The van der Waals surface area contributed by atoms with E-state index >= 15 is 0 Å². The molecular weight excluding hydrogens is 2360 g/mol. The first kappa shape index (κ1) is 122. The van der Waals surface area contributed by atoms with Crippen LogP contribution in [0.3, 0.4) is 0 Å². The van der Waals surface area contributed by atoms with Crippen molar-refractivity contribution in [2.24, 2.45) is 0 Å². The van der Waals surface area contributed by atoms with Crippen molar-refractivity contribution < 1.29 is 327 Å². The Morgan fingerprint density at radius 1 is 0.146 bits per heavy atom. The molecule has 0 aliphatic rings. The first-order chi connectivity index (χ1) is 59.7. The predicted octanol–water partition coefficient (Wildman–Crippen LogP) is 19.8. The van der Waals surface area contributed by atoms with E-state index in [0.29, 0.717) is 0 Å². The molecule has 26 heteroatoms. The molecule has 0 fully saturated rings. The van der Waals surface area contributed by atoms with Crippen LogP contribution in [0.25, 0.3) is 112 Å². The van der Waals surface area contributed by atoms with E-state index in [9.17, 15) is 0 Å². The van der Waals surface area contributed by atoms with Crippen LogP contribution in [0.5, 0.6) is 0 Å². The van der Waals surface area contributed by atoms with Crippen LogP contribution in [0.2, 0.25) is 0 Å². The van der Waals surface area contributed by atoms with Gasteiger partial charge in [0.05, 0.1) is 0 Å². The van der Waals surface area contributed by atoms with Crippen LogP contribution in [0.15, 0.2) is 391 Å². The number of nitrogens with zero attached hydrogens (tertiary/aromatic N) is 16. The minimum absolute atomic E-state index is 0. The van der Waals surface area contributed by atoms with Gasteiger partial charge >= 0.3 is 0 Å². The molecule has 130 heavy (non-hydrogen) atoms. The Kier molecular flexibility index (Phi) is 72.9. The van der Waals surface area contributed by atoms with Crippen LogP contribution in [-0.4, -0.2) is 79.7 Å². The second kappa shape index (κ2) is 77.5. The number of pyridine rings is 10. The molecule has 0 aliphatic carbocycles. The summed E-state index contributed by atoms with van der Waals surface area (Å²) in [5.41, 5.74) is 18.1. The fourth-order valence-corrected chi connectivity index (χ4v) is 9.75. The summed E-state index contributed by atoms with van der Waals surface area (Å²) >= 11 is 0. The maximum Gasteiger partial charge on any atom is 0.100 e. The van der Waals surface area contributed by atoms with Crippen LogP contribution in [-0.2, 0) is 327 Å². The molecule has 0 unspecified atom stereocenters. The topological polar surface area (TPSA) is 206 Å². The summed E-state index contributed by atoms with van der Waals surface area (Å²) < 4.78 is 0. The van der Waals surface area contributed by atoms with E-state index in [1.165, 1.54) is 12.7 Å². The minimum Gasteiger partial charge on any atom is -0.400 e. The Balaban J connectivity index is 0.000000716. The third kappa shape index (κ3) is 47.7. The van der Waals surface area contributed by atoms with Crippen molar-refractivity contribution in [3.8, 4) is 112 Å². The minimum atomic E-state index is 0. The first-order valence-corrected chi connectivity index (χ1v) is 36.7. The Morgan fingerprint density at radius 2 is 0.462 bits per heavy atom. The second-order valence-electron chi connectivity index (χ2n) is 23.5. The van der Waals surface area contributed by atoms with Crippen molar-refractivity contribution in [1.82, 2.24) is 79.7 Å². The zero-order valence-electron chi connectivity index (χ0n) is 69.9. The Labute approximate surface area is 1010 Å². The summed E-state index contributed by atoms with van der Waals surface area (Å²) in [5.74, 6) is 0. The van der Waals surface area contributed by atoms with Gasteiger partial charge in [-0.15, -0.1) is 138 Å². The quantitative estimate of drug-likeness (QED) is 0.117. The van der Waals surface area contributed by atoms with Crippen LogP contribution in [0.4, 0.5) is 0 Å². The number of rotatable bonds is 10. The molecule has 0 aliphatic heterocycles. The van der Waals surface area contributed by atoms with E-state index in [1.54, 1.807) is 142 Å². The molecule has 10 radical (unpaired) electrons. The van der Waals surface area contributed by atoms with E-state index in [2.05, 4.69) is 201 Å². The molecule has 0 saturated heterocycles. The maximum absolute atomic E-state index is 4.16. The third-order valence-electron chi connectivity index (χ3n) is 15.3. The fraction of sp³-hybridized carbons (Fsp3) is 0. The number of hydrogen-bond acceptors (Lipinski definition) is 16. The van der Waals surface area contributed by atoms with Gasteiger partial charge in [-0.2, -0.15) is 199 Å². The molecule has 0 atom stereocenters. The van der Waals surface area contributed by atoms with Crippen LogP contribution >= 0.6 is 0 Å². The summed E-state index contributed by atoms with van der Waals surface area (Å²) in [6.45, 7) is 0. The molecule has 0 spiro atoms. The van der Waals surface area contributed by atoms with E-state index in [-0.39, 0.29) is 327 Å². The van der Waals surface area contributed by atoms with Crippen LogP contribution in [0, 0.1) is 122 Å². The monoisotopic (exact) mass is 2430 g/mol. The van der Waals surface area contributed by atoms with Crippen molar-refractivity contribution >= 4 is 0 Å². The molecule has 0 amide bonds. The Morgan fingerprint density at radius 3 is 0.800 bits per heavy atom. The second-order valence-corrected chi connectivity index (χ2v) is 23.5. The molecule has 610 valence electrons. The van der Waals surface area contributed by atoms with Crippen LogP contribution in [0.1, 0.15) is 0 Å². The van der Waals surface area contributed by atoms with Gasteiger partial charge in [0.2, 0.25) is 0 Å².